The average molecular weight is 372 g/mol. The second-order valence-electron chi connectivity index (χ2n) is 5.72. The fourth-order valence-corrected chi connectivity index (χ4v) is 3.46. The van der Waals surface area contributed by atoms with Crippen LogP contribution in [0.1, 0.15) is 0 Å². The van der Waals surface area contributed by atoms with E-state index in [1.165, 1.54) is 11.3 Å². The lowest BCUT2D eigenvalue weighted by atomic mass is 10.2. The maximum atomic E-state index is 5.80. The molecule has 0 bridgehead atoms. The van der Waals surface area contributed by atoms with Crippen LogP contribution in [-0.2, 0) is 0 Å². The Morgan fingerprint density at radius 2 is 0.889 bits per heavy atom. The van der Waals surface area contributed by atoms with Crippen molar-refractivity contribution in [2.24, 2.45) is 0 Å². The van der Waals surface area contributed by atoms with Crippen LogP contribution in [-0.4, -0.2) is 20.4 Å². The third-order valence-electron chi connectivity index (χ3n) is 3.92. The van der Waals surface area contributed by atoms with Crippen molar-refractivity contribution in [3.63, 3.8) is 0 Å². The Bertz CT molecular complexity index is 1090. The molecule has 27 heavy (non-hydrogen) atoms. The van der Waals surface area contributed by atoms with E-state index < -0.39 is 0 Å². The summed E-state index contributed by atoms with van der Waals surface area (Å²) < 4.78 is 11.6. The SMILES string of the molecule is c1ccc(-c2nnc(-c3ccc(-c4nnc(-c5ccccc5)o4)s3)o2)cc1. The summed E-state index contributed by atoms with van der Waals surface area (Å²) in [6.45, 7) is 0. The van der Waals surface area contributed by atoms with E-state index in [0.29, 0.717) is 23.6 Å². The molecule has 0 unspecified atom stereocenters. The number of thiophene rings is 1. The van der Waals surface area contributed by atoms with Crippen LogP contribution in [0.25, 0.3) is 44.4 Å². The van der Waals surface area contributed by atoms with Gasteiger partial charge in [-0.05, 0) is 36.4 Å². The maximum absolute atomic E-state index is 5.80. The molecule has 0 aliphatic heterocycles. The monoisotopic (exact) mass is 372 g/mol. The molecule has 0 radical (unpaired) electrons. The van der Waals surface area contributed by atoms with Gasteiger partial charge in [-0.25, -0.2) is 0 Å². The van der Waals surface area contributed by atoms with Crippen molar-refractivity contribution in [3.8, 4) is 44.4 Å². The largest absolute Gasteiger partial charge is 0.415 e. The van der Waals surface area contributed by atoms with Crippen LogP contribution in [0.2, 0.25) is 0 Å². The Hall–Kier alpha value is -3.58. The molecule has 0 amide bonds. The summed E-state index contributed by atoms with van der Waals surface area (Å²) in [5.41, 5.74) is 1.77. The van der Waals surface area contributed by atoms with Gasteiger partial charge in [-0.3, -0.25) is 0 Å². The van der Waals surface area contributed by atoms with Gasteiger partial charge in [-0.1, -0.05) is 36.4 Å². The quantitative estimate of drug-likeness (QED) is 0.432. The number of hydrogen-bond acceptors (Lipinski definition) is 7. The van der Waals surface area contributed by atoms with Gasteiger partial charge in [0, 0.05) is 11.1 Å². The van der Waals surface area contributed by atoms with Crippen molar-refractivity contribution in [3.05, 3.63) is 72.8 Å². The summed E-state index contributed by atoms with van der Waals surface area (Å²) in [5, 5.41) is 16.6. The van der Waals surface area contributed by atoms with E-state index in [-0.39, 0.29) is 0 Å². The minimum Gasteiger partial charge on any atom is -0.415 e. The smallest absolute Gasteiger partial charge is 0.258 e. The minimum absolute atomic E-state index is 0.466. The van der Waals surface area contributed by atoms with Crippen LogP contribution in [0, 0.1) is 0 Å². The molecule has 3 aromatic heterocycles. The second-order valence-corrected chi connectivity index (χ2v) is 6.80. The molecule has 7 heteroatoms. The normalized spacial score (nSPS) is 11.0. The lowest BCUT2D eigenvalue weighted by molar-refractivity contribution is 0.586. The minimum atomic E-state index is 0.466. The molecule has 5 rings (SSSR count). The summed E-state index contributed by atoms with van der Waals surface area (Å²) >= 11 is 1.46. The van der Waals surface area contributed by atoms with Gasteiger partial charge in [-0.2, -0.15) is 0 Å². The topological polar surface area (TPSA) is 77.8 Å². The van der Waals surface area contributed by atoms with Crippen LogP contribution in [0.3, 0.4) is 0 Å². The van der Waals surface area contributed by atoms with Crippen LogP contribution in [0.5, 0.6) is 0 Å². The van der Waals surface area contributed by atoms with E-state index in [2.05, 4.69) is 20.4 Å². The molecule has 2 aromatic carbocycles. The highest BCUT2D eigenvalue weighted by atomic mass is 32.1. The zero-order valence-corrected chi connectivity index (χ0v) is 14.8. The van der Waals surface area contributed by atoms with E-state index in [1.54, 1.807) is 0 Å². The first-order valence-electron chi connectivity index (χ1n) is 8.25. The highest BCUT2D eigenvalue weighted by Crippen LogP contribution is 2.35. The molecular formula is C20H12N4O2S. The van der Waals surface area contributed by atoms with Crippen LogP contribution >= 0.6 is 11.3 Å². The number of aromatic nitrogens is 4. The van der Waals surface area contributed by atoms with Crippen LogP contribution in [0.4, 0.5) is 0 Å². The van der Waals surface area contributed by atoms with Crippen LogP contribution < -0.4 is 0 Å². The molecule has 0 saturated heterocycles. The molecule has 0 N–H and O–H groups in total. The van der Waals surface area contributed by atoms with E-state index >= 15 is 0 Å². The highest BCUT2D eigenvalue weighted by Gasteiger charge is 2.16. The molecule has 5 aromatic rings. The summed E-state index contributed by atoms with van der Waals surface area (Å²) in [6, 6.07) is 23.2. The van der Waals surface area contributed by atoms with Gasteiger partial charge in [0.2, 0.25) is 11.8 Å². The first-order chi connectivity index (χ1) is 13.4. The Morgan fingerprint density at radius 3 is 1.33 bits per heavy atom. The number of rotatable bonds is 4. The van der Waals surface area contributed by atoms with Gasteiger partial charge in [0.05, 0.1) is 9.75 Å². The van der Waals surface area contributed by atoms with Crippen molar-refractivity contribution in [1.82, 2.24) is 20.4 Å². The zero-order valence-electron chi connectivity index (χ0n) is 13.9. The lowest BCUT2D eigenvalue weighted by Gasteiger charge is -1.92. The molecule has 0 aliphatic rings. The molecule has 0 atom stereocenters. The predicted molar refractivity (Wildman–Crippen MR) is 102 cm³/mol. The Morgan fingerprint density at radius 1 is 0.481 bits per heavy atom. The fraction of sp³-hybridized carbons (Fsp3) is 0. The van der Waals surface area contributed by atoms with E-state index in [9.17, 15) is 0 Å². The molecule has 130 valence electrons. The molecule has 0 spiro atoms. The first-order valence-corrected chi connectivity index (χ1v) is 9.07. The van der Waals surface area contributed by atoms with Crippen molar-refractivity contribution in [2.75, 3.05) is 0 Å². The predicted octanol–water partition coefficient (Wildman–Crippen LogP) is 5.18. The molecular weight excluding hydrogens is 360 g/mol. The molecule has 0 aliphatic carbocycles. The standard InChI is InChI=1S/C20H12N4O2S/c1-3-7-13(8-4-1)17-21-23-19(25-17)15-11-12-16(27-15)20-24-22-18(26-20)14-9-5-2-6-10-14/h1-12H. The average Bonchev–Trinajstić information content (AvgIpc) is 3.49. The van der Waals surface area contributed by atoms with Gasteiger partial charge in [0.1, 0.15) is 0 Å². The molecule has 0 fully saturated rings. The number of hydrogen-bond donors (Lipinski definition) is 0. The Kier molecular flexibility index (Phi) is 3.84. The fourth-order valence-electron chi connectivity index (χ4n) is 2.61. The van der Waals surface area contributed by atoms with Gasteiger partial charge in [0.15, 0.2) is 0 Å². The van der Waals surface area contributed by atoms with Crippen molar-refractivity contribution in [2.45, 2.75) is 0 Å². The first kappa shape index (κ1) is 15.7. The Balaban J connectivity index is 1.42. The molecule has 6 nitrogen and oxygen atoms in total. The van der Waals surface area contributed by atoms with E-state index in [1.807, 2.05) is 72.8 Å². The third-order valence-corrected chi connectivity index (χ3v) is 4.98. The highest BCUT2D eigenvalue weighted by molar-refractivity contribution is 7.18. The summed E-state index contributed by atoms with van der Waals surface area (Å²) in [7, 11) is 0. The summed E-state index contributed by atoms with van der Waals surface area (Å²) in [5.74, 6) is 1.91. The van der Waals surface area contributed by atoms with E-state index in [4.69, 9.17) is 8.83 Å². The van der Waals surface area contributed by atoms with Crippen molar-refractivity contribution in [1.29, 1.82) is 0 Å². The molecule has 3 heterocycles. The van der Waals surface area contributed by atoms with Gasteiger partial charge in [0.25, 0.3) is 11.8 Å². The third kappa shape index (κ3) is 3.04. The second kappa shape index (κ2) is 6.62. The van der Waals surface area contributed by atoms with Crippen molar-refractivity contribution < 1.29 is 8.83 Å². The maximum Gasteiger partial charge on any atom is 0.258 e. The number of nitrogens with zero attached hydrogens (tertiary/aromatic N) is 4. The summed E-state index contributed by atoms with van der Waals surface area (Å²) in [4.78, 5) is 1.69. The van der Waals surface area contributed by atoms with E-state index in [0.717, 1.165) is 20.9 Å². The van der Waals surface area contributed by atoms with Gasteiger partial charge < -0.3 is 8.83 Å². The molecule has 0 saturated carbocycles. The zero-order chi connectivity index (χ0) is 18.1. The van der Waals surface area contributed by atoms with Crippen LogP contribution in [0.15, 0.2) is 81.6 Å². The van der Waals surface area contributed by atoms with Gasteiger partial charge >= 0.3 is 0 Å². The summed E-state index contributed by atoms with van der Waals surface area (Å²) in [6.07, 6.45) is 0. The van der Waals surface area contributed by atoms with Crippen molar-refractivity contribution >= 4 is 11.3 Å². The van der Waals surface area contributed by atoms with Gasteiger partial charge in [-0.15, -0.1) is 31.7 Å². The number of benzene rings is 2. The Labute approximate surface area is 158 Å². The lowest BCUT2D eigenvalue weighted by Crippen LogP contribution is -1.75.